The molecule has 1 rings (SSSR count). The van der Waals surface area contributed by atoms with E-state index >= 15 is 0 Å². The molecule has 0 aromatic carbocycles. The summed E-state index contributed by atoms with van der Waals surface area (Å²) in [7, 11) is 0. The molecule has 0 saturated heterocycles. The Balaban J connectivity index is 2.28. The van der Waals surface area contributed by atoms with E-state index in [0.717, 1.165) is 37.5 Å². The molecular weight excluding hydrogens is 148 g/mol. The summed E-state index contributed by atoms with van der Waals surface area (Å²) in [5.74, 6) is 2.15. The zero-order valence-electron chi connectivity index (χ0n) is 8.31. The third-order valence-electron chi connectivity index (χ3n) is 3.14. The first-order valence-electron chi connectivity index (χ1n) is 5.25. The lowest BCUT2D eigenvalue weighted by Crippen LogP contribution is -2.19. The van der Waals surface area contributed by atoms with Crippen LogP contribution in [-0.2, 0) is 4.79 Å². The second-order valence-electron chi connectivity index (χ2n) is 4.14. The van der Waals surface area contributed by atoms with Crippen LogP contribution < -0.4 is 0 Å². The molecule has 12 heavy (non-hydrogen) atoms. The fraction of sp³-hybridized carbons (Fsp3) is 0.909. The van der Waals surface area contributed by atoms with Crippen molar-refractivity contribution in [1.82, 2.24) is 0 Å². The second kappa shape index (κ2) is 4.64. The molecule has 0 spiro atoms. The van der Waals surface area contributed by atoms with Crippen LogP contribution in [0.5, 0.6) is 0 Å². The summed E-state index contributed by atoms with van der Waals surface area (Å²) in [5, 5.41) is 0. The van der Waals surface area contributed by atoms with Crippen molar-refractivity contribution < 1.29 is 4.79 Å². The zero-order valence-corrected chi connectivity index (χ0v) is 8.31. The van der Waals surface area contributed by atoms with Crippen LogP contribution in [0.4, 0.5) is 0 Å². The average molecular weight is 168 g/mol. The van der Waals surface area contributed by atoms with Crippen molar-refractivity contribution in [2.24, 2.45) is 11.8 Å². The lowest BCUT2D eigenvalue weighted by atomic mass is 9.79. The molecule has 0 unspecified atom stereocenters. The molecule has 0 amide bonds. The van der Waals surface area contributed by atoms with E-state index in [9.17, 15) is 4.79 Å². The largest absolute Gasteiger partial charge is 0.300 e. The minimum absolute atomic E-state index is 0.481. The number of ketones is 1. The van der Waals surface area contributed by atoms with E-state index in [1.54, 1.807) is 0 Å². The van der Waals surface area contributed by atoms with Crippen LogP contribution in [0.1, 0.15) is 52.4 Å². The fourth-order valence-corrected chi connectivity index (χ4v) is 2.22. The van der Waals surface area contributed by atoms with Crippen LogP contribution >= 0.6 is 0 Å². The van der Waals surface area contributed by atoms with E-state index in [1.807, 2.05) is 0 Å². The van der Waals surface area contributed by atoms with Crippen LogP contribution in [0, 0.1) is 11.8 Å². The van der Waals surface area contributed by atoms with Gasteiger partial charge in [0, 0.05) is 12.8 Å². The highest BCUT2D eigenvalue weighted by atomic mass is 16.1. The maximum Gasteiger partial charge on any atom is 0.132 e. The maximum atomic E-state index is 11.0. The fourth-order valence-electron chi connectivity index (χ4n) is 2.22. The Morgan fingerprint density at radius 2 is 2.00 bits per heavy atom. The third-order valence-corrected chi connectivity index (χ3v) is 3.14. The number of hydrogen-bond donors (Lipinski definition) is 0. The van der Waals surface area contributed by atoms with E-state index in [-0.39, 0.29) is 0 Å². The Morgan fingerprint density at radius 3 is 2.50 bits per heavy atom. The smallest absolute Gasteiger partial charge is 0.132 e. The van der Waals surface area contributed by atoms with Crippen LogP contribution in [-0.4, -0.2) is 5.78 Å². The number of Topliss-reactive ketones (excluding diaryl/α,β-unsaturated/α-hetero) is 1. The first kappa shape index (κ1) is 9.76. The summed E-state index contributed by atoms with van der Waals surface area (Å²) in [6.07, 6.45) is 6.61. The van der Waals surface area contributed by atoms with Crippen LogP contribution in [0.2, 0.25) is 0 Å². The lowest BCUT2D eigenvalue weighted by molar-refractivity contribution is -0.121. The molecule has 70 valence electrons. The van der Waals surface area contributed by atoms with E-state index in [4.69, 9.17) is 0 Å². The van der Waals surface area contributed by atoms with Gasteiger partial charge in [-0.25, -0.2) is 0 Å². The van der Waals surface area contributed by atoms with Crippen molar-refractivity contribution in [3.05, 3.63) is 0 Å². The summed E-state index contributed by atoms with van der Waals surface area (Å²) in [6.45, 7) is 4.58. The van der Waals surface area contributed by atoms with Gasteiger partial charge in [0.1, 0.15) is 5.78 Å². The number of rotatable bonds is 3. The summed E-state index contributed by atoms with van der Waals surface area (Å²) in [6, 6.07) is 0. The molecular formula is C11H20O. The molecule has 0 aromatic rings. The molecule has 1 saturated carbocycles. The second-order valence-corrected chi connectivity index (χ2v) is 4.14. The average Bonchev–Trinajstić information content (AvgIpc) is 2.06. The monoisotopic (exact) mass is 168 g/mol. The van der Waals surface area contributed by atoms with Crippen molar-refractivity contribution in [2.75, 3.05) is 0 Å². The molecule has 0 heterocycles. The first-order valence-corrected chi connectivity index (χ1v) is 5.25. The predicted octanol–water partition coefficient (Wildman–Crippen LogP) is 3.18. The third kappa shape index (κ3) is 2.62. The van der Waals surface area contributed by atoms with Gasteiger partial charge in [0.2, 0.25) is 0 Å². The molecule has 1 aliphatic carbocycles. The van der Waals surface area contributed by atoms with Crippen molar-refractivity contribution in [3.8, 4) is 0 Å². The summed E-state index contributed by atoms with van der Waals surface area (Å²) >= 11 is 0. The number of carbonyl (C=O) groups is 1. The molecule has 1 fully saturated rings. The van der Waals surface area contributed by atoms with Gasteiger partial charge in [-0.15, -0.1) is 0 Å². The topological polar surface area (TPSA) is 17.1 Å². The molecule has 0 radical (unpaired) electrons. The van der Waals surface area contributed by atoms with Crippen molar-refractivity contribution in [1.29, 1.82) is 0 Å². The van der Waals surface area contributed by atoms with Crippen molar-refractivity contribution >= 4 is 5.78 Å². The van der Waals surface area contributed by atoms with E-state index in [0.29, 0.717) is 5.78 Å². The van der Waals surface area contributed by atoms with Crippen LogP contribution in [0.3, 0.4) is 0 Å². The van der Waals surface area contributed by atoms with Crippen molar-refractivity contribution in [2.45, 2.75) is 52.4 Å². The Morgan fingerprint density at radius 1 is 1.42 bits per heavy atom. The minimum atomic E-state index is 0.481. The van der Waals surface area contributed by atoms with Gasteiger partial charge >= 0.3 is 0 Å². The lowest BCUT2D eigenvalue weighted by Gasteiger charge is -2.26. The predicted molar refractivity (Wildman–Crippen MR) is 51.0 cm³/mol. The van der Waals surface area contributed by atoms with Crippen molar-refractivity contribution in [3.63, 3.8) is 0 Å². The van der Waals surface area contributed by atoms with Gasteiger partial charge in [-0.2, -0.15) is 0 Å². The van der Waals surface area contributed by atoms with E-state index in [2.05, 4.69) is 13.8 Å². The molecule has 1 nitrogen and oxygen atoms in total. The molecule has 1 atom stereocenters. The Hall–Kier alpha value is -0.330. The number of hydrogen-bond acceptors (Lipinski definition) is 1. The molecule has 0 aliphatic heterocycles. The van der Waals surface area contributed by atoms with Gasteiger partial charge in [-0.1, -0.05) is 26.7 Å². The highest BCUT2D eigenvalue weighted by Gasteiger charge is 2.22. The Labute approximate surface area is 75.5 Å². The SMILES string of the molecule is CCC[C@H](C)C1CCC(=O)CC1. The van der Waals surface area contributed by atoms with Gasteiger partial charge in [-0.3, -0.25) is 4.79 Å². The normalized spacial score (nSPS) is 22.7. The molecule has 1 aliphatic rings. The highest BCUT2D eigenvalue weighted by Crippen LogP contribution is 2.30. The Bertz CT molecular complexity index is 141. The van der Waals surface area contributed by atoms with Gasteiger partial charge in [0.25, 0.3) is 0 Å². The van der Waals surface area contributed by atoms with Crippen LogP contribution in [0.15, 0.2) is 0 Å². The van der Waals surface area contributed by atoms with Gasteiger partial charge in [-0.05, 0) is 24.7 Å². The summed E-state index contributed by atoms with van der Waals surface area (Å²) in [5.41, 5.74) is 0. The minimum Gasteiger partial charge on any atom is -0.300 e. The van der Waals surface area contributed by atoms with Gasteiger partial charge in [0.15, 0.2) is 0 Å². The molecule has 0 N–H and O–H groups in total. The number of carbonyl (C=O) groups excluding carboxylic acids is 1. The summed E-state index contributed by atoms with van der Waals surface area (Å²) in [4.78, 5) is 11.0. The molecule has 1 heteroatoms. The van der Waals surface area contributed by atoms with Gasteiger partial charge in [0.05, 0.1) is 0 Å². The van der Waals surface area contributed by atoms with Crippen LogP contribution in [0.25, 0.3) is 0 Å². The summed E-state index contributed by atoms with van der Waals surface area (Å²) < 4.78 is 0. The molecule has 0 aromatic heterocycles. The maximum absolute atomic E-state index is 11.0. The Kier molecular flexibility index (Phi) is 3.77. The quantitative estimate of drug-likeness (QED) is 0.632. The first-order chi connectivity index (χ1) is 5.74. The van der Waals surface area contributed by atoms with E-state index in [1.165, 1.54) is 12.8 Å². The zero-order chi connectivity index (χ0) is 8.97. The van der Waals surface area contributed by atoms with Gasteiger partial charge < -0.3 is 0 Å². The standard InChI is InChI=1S/C11H20O/c1-3-4-9(2)10-5-7-11(12)8-6-10/h9-10H,3-8H2,1-2H3/t9-/m0/s1. The molecule has 0 bridgehead atoms. The highest BCUT2D eigenvalue weighted by molar-refractivity contribution is 5.79. The van der Waals surface area contributed by atoms with E-state index < -0.39 is 0 Å².